The van der Waals surface area contributed by atoms with E-state index >= 15 is 0 Å². The van der Waals surface area contributed by atoms with Crippen LogP contribution in [0, 0.1) is 0 Å². The normalized spacial score (nSPS) is 15.8. The number of hydrogen-bond acceptors (Lipinski definition) is 3. The zero-order valence-electron chi connectivity index (χ0n) is 12.3. The third kappa shape index (κ3) is 4.05. The topological polar surface area (TPSA) is 58.4 Å². The molecule has 0 radical (unpaired) electrons. The molecule has 1 amide bonds. The van der Waals surface area contributed by atoms with Crippen LogP contribution in [0.25, 0.3) is 0 Å². The van der Waals surface area contributed by atoms with E-state index < -0.39 is 0 Å². The van der Waals surface area contributed by atoms with Crippen LogP contribution in [0.1, 0.15) is 38.2 Å². The Morgan fingerprint density at radius 3 is 2.50 bits per heavy atom. The molecule has 4 nitrogen and oxygen atoms in total. The zero-order chi connectivity index (χ0) is 14.4. The molecule has 1 fully saturated rings. The SMILES string of the molecule is CCN(CC(=O)Nc1ccc(CN)cc1)C1CCCC1. The highest BCUT2D eigenvalue weighted by molar-refractivity contribution is 5.92. The fourth-order valence-corrected chi connectivity index (χ4v) is 2.88. The molecule has 4 heteroatoms. The van der Waals surface area contributed by atoms with Crippen molar-refractivity contribution in [1.29, 1.82) is 0 Å². The van der Waals surface area contributed by atoms with Crippen LogP contribution in [0.2, 0.25) is 0 Å². The van der Waals surface area contributed by atoms with Gasteiger partial charge < -0.3 is 11.1 Å². The van der Waals surface area contributed by atoms with E-state index in [-0.39, 0.29) is 5.91 Å². The van der Waals surface area contributed by atoms with Crippen LogP contribution in [0.5, 0.6) is 0 Å². The third-order valence-electron chi connectivity index (χ3n) is 4.07. The lowest BCUT2D eigenvalue weighted by Gasteiger charge is -2.26. The first kappa shape index (κ1) is 15.0. The molecule has 1 aromatic carbocycles. The van der Waals surface area contributed by atoms with Gasteiger partial charge in [-0.25, -0.2) is 0 Å². The number of nitrogens with two attached hydrogens (primary N) is 1. The molecule has 110 valence electrons. The first-order valence-corrected chi connectivity index (χ1v) is 7.56. The fourth-order valence-electron chi connectivity index (χ4n) is 2.88. The minimum atomic E-state index is 0.0687. The standard InChI is InChI=1S/C16H25N3O/c1-2-19(15-5-3-4-6-15)12-16(20)18-14-9-7-13(11-17)8-10-14/h7-10,15H,2-6,11-12,17H2,1H3,(H,18,20). The van der Waals surface area contributed by atoms with Gasteiger partial charge in [0.15, 0.2) is 0 Å². The van der Waals surface area contributed by atoms with Gasteiger partial charge in [0.05, 0.1) is 6.54 Å². The van der Waals surface area contributed by atoms with E-state index in [1.165, 1.54) is 25.7 Å². The van der Waals surface area contributed by atoms with Gasteiger partial charge >= 0.3 is 0 Å². The number of amides is 1. The molecule has 0 heterocycles. The Labute approximate surface area is 121 Å². The van der Waals surface area contributed by atoms with Crippen LogP contribution in [-0.2, 0) is 11.3 Å². The Balaban J connectivity index is 1.86. The van der Waals surface area contributed by atoms with Crippen LogP contribution < -0.4 is 11.1 Å². The van der Waals surface area contributed by atoms with Crippen molar-refractivity contribution in [2.75, 3.05) is 18.4 Å². The average Bonchev–Trinajstić information content (AvgIpc) is 2.99. The Morgan fingerprint density at radius 2 is 1.95 bits per heavy atom. The fraction of sp³-hybridized carbons (Fsp3) is 0.562. The first-order chi connectivity index (χ1) is 9.72. The van der Waals surface area contributed by atoms with E-state index in [1.54, 1.807) is 0 Å². The van der Waals surface area contributed by atoms with Gasteiger partial charge in [-0.2, -0.15) is 0 Å². The molecule has 0 aromatic heterocycles. The number of carbonyl (C=O) groups is 1. The molecule has 0 spiro atoms. The Morgan fingerprint density at radius 1 is 1.30 bits per heavy atom. The largest absolute Gasteiger partial charge is 0.326 e. The second-order valence-corrected chi connectivity index (χ2v) is 5.45. The number of nitrogens with zero attached hydrogens (tertiary/aromatic N) is 1. The monoisotopic (exact) mass is 275 g/mol. The summed E-state index contributed by atoms with van der Waals surface area (Å²) in [6.45, 7) is 4.07. The van der Waals surface area contributed by atoms with Crippen molar-refractivity contribution in [2.24, 2.45) is 5.73 Å². The van der Waals surface area contributed by atoms with E-state index in [2.05, 4.69) is 17.1 Å². The maximum atomic E-state index is 12.1. The summed E-state index contributed by atoms with van der Waals surface area (Å²) in [4.78, 5) is 14.4. The summed E-state index contributed by atoms with van der Waals surface area (Å²) < 4.78 is 0. The van der Waals surface area contributed by atoms with Gasteiger partial charge in [0.25, 0.3) is 0 Å². The summed E-state index contributed by atoms with van der Waals surface area (Å²) in [7, 11) is 0. The van der Waals surface area contributed by atoms with E-state index in [1.807, 2.05) is 24.3 Å². The first-order valence-electron chi connectivity index (χ1n) is 7.56. The lowest BCUT2D eigenvalue weighted by atomic mass is 10.2. The van der Waals surface area contributed by atoms with Crippen LogP contribution in [0.3, 0.4) is 0 Å². The van der Waals surface area contributed by atoms with Gasteiger partial charge in [-0.3, -0.25) is 9.69 Å². The van der Waals surface area contributed by atoms with E-state index in [0.29, 0.717) is 19.1 Å². The predicted octanol–water partition coefficient (Wildman–Crippen LogP) is 2.35. The van der Waals surface area contributed by atoms with Crippen molar-refractivity contribution in [2.45, 2.75) is 45.2 Å². The molecule has 1 aromatic rings. The molecular formula is C16H25N3O. The predicted molar refractivity (Wildman–Crippen MR) is 82.5 cm³/mol. The van der Waals surface area contributed by atoms with Gasteiger partial charge in [0.2, 0.25) is 5.91 Å². The van der Waals surface area contributed by atoms with Crippen molar-refractivity contribution in [1.82, 2.24) is 4.90 Å². The number of carbonyl (C=O) groups excluding carboxylic acids is 1. The van der Waals surface area contributed by atoms with Crippen molar-refractivity contribution in [3.05, 3.63) is 29.8 Å². The summed E-state index contributed by atoms with van der Waals surface area (Å²) in [5, 5.41) is 2.96. The van der Waals surface area contributed by atoms with Crippen LogP contribution in [0.15, 0.2) is 24.3 Å². The molecule has 0 atom stereocenters. The minimum Gasteiger partial charge on any atom is -0.326 e. The highest BCUT2D eigenvalue weighted by Crippen LogP contribution is 2.23. The molecule has 3 N–H and O–H groups in total. The lowest BCUT2D eigenvalue weighted by molar-refractivity contribution is -0.117. The van der Waals surface area contributed by atoms with Crippen LogP contribution in [-0.4, -0.2) is 29.9 Å². The highest BCUT2D eigenvalue weighted by Gasteiger charge is 2.22. The second kappa shape index (κ2) is 7.41. The number of likely N-dealkylation sites (N-methyl/N-ethyl adjacent to an activating group) is 1. The summed E-state index contributed by atoms with van der Waals surface area (Å²) in [6, 6.07) is 8.30. The molecule has 0 unspecified atom stereocenters. The quantitative estimate of drug-likeness (QED) is 0.838. The summed E-state index contributed by atoms with van der Waals surface area (Å²) >= 11 is 0. The maximum absolute atomic E-state index is 12.1. The van der Waals surface area contributed by atoms with E-state index in [4.69, 9.17) is 5.73 Å². The van der Waals surface area contributed by atoms with E-state index in [0.717, 1.165) is 17.8 Å². The zero-order valence-corrected chi connectivity index (χ0v) is 12.3. The van der Waals surface area contributed by atoms with Gasteiger partial charge in [-0.15, -0.1) is 0 Å². The molecule has 0 aliphatic heterocycles. The maximum Gasteiger partial charge on any atom is 0.238 e. The molecule has 1 aliphatic rings. The molecule has 2 rings (SSSR count). The molecule has 1 aliphatic carbocycles. The lowest BCUT2D eigenvalue weighted by Crippen LogP contribution is -2.39. The number of nitrogens with one attached hydrogen (secondary N) is 1. The Kier molecular flexibility index (Phi) is 5.56. The summed E-state index contributed by atoms with van der Waals surface area (Å²) in [5.74, 6) is 0.0687. The van der Waals surface area contributed by atoms with E-state index in [9.17, 15) is 4.79 Å². The summed E-state index contributed by atoms with van der Waals surface area (Å²) in [6.07, 6.45) is 5.05. The third-order valence-corrected chi connectivity index (χ3v) is 4.07. The van der Waals surface area contributed by atoms with Crippen molar-refractivity contribution >= 4 is 11.6 Å². The Hall–Kier alpha value is -1.39. The smallest absolute Gasteiger partial charge is 0.238 e. The van der Waals surface area contributed by atoms with Crippen LogP contribution >= 0.6 is 0 Å². The average molecular weight is 275 g/mol. The van der Waals surface area contributed by atoms with Crippen molar-refractivity contribution in [3.8, 4) is 0 Å². The summed E-state index contributed by atoms with van der Waals surface area (Å²) in [5.41, 5.74) is 7.48. The number of anilines is 1. The highest BCUT2D eigenvalue weighted by atomic mass is 16.2. The van der Waals surface area contributed by atoms with Gasteiger partial charge in [0, 0.05) is 18.3 Å². The molecule has 0 saturated heterocycles. The van der Waals surface area contributed by atoms with Gasteiger partial charge in [-0.1, -0.05) is 31.9 Å². The van der Waals surface area contributed by atoms with Crippen LogP contribution in [0.4, 0.5) is 5.69 Å². The number of rotatable bonds is 6. The molecular weight excluding hydrogens is 250 g/mol. The van der Waals surface area contributed by atoms with Gasteiger partial charge in [-0.05, 0) is 37.1 Å². The minimum absolute atomic E-state index is 0.0687. The molecule has 1 saturated carbocycles. The second-order valence-electron chi connectivity index (χ2n) is 5.45. The number of benzene rings is 1. The van der Waals surface area contributed by atoms with Crippen molar-refractivity contribution < 1.29 is 4.79 Å². The number of hydrogen-bond donors (Lipinski definition) is 2. The molecule has 0 bridgehead atoms. The van der Waals surface area contributed by atoms with Crippen molar-refractivity contribution in [3.63, 3.8) is 0 Å². The Bertz CT molecular complexity index is 424. The van der Waals surface area contributed by atoms with Gasteiger partial charge in [0.1, 0.15) is 0 Å². The molecule has 20 heavy (non-hydrogen) atoms.